The maximum absolute atomic E-state index is 9.23. The van der Waals surface area contributed by atoms with Crippen molar-refractivity contribution in [1.82, 2.24) is 9.97 Å². The molecule has 0 bridgehead atoms. The van der Waals surface area contributed by atoms with Crippen molar-refractivity contribution in [2.24, 2.45) is 0 Å². The van der Waals surface area contributed by atoms with E-state index in [9.17, 15) is 5.11 Å². The number of benzene rings is 1. The maximum atomic E-state index is 9.23. The van der Waals surface area contributed by atoms with Gasteiger partial charge in [-0.2, -0.15) is 0 Å². The SMILES string of the molecule is Cc1ncncc1-c1csc2ccc(CO)cc12. The summed E-state index contributed by atoms with van der Waals surface area (Å²) in [7, 11) is 0. The van der Waals surface area contributed by atoms with Crippen molar-refractivity contribution in [3.05, 3.63) is 47.4 Å². The summed E-state index contributed by atoms with van der Waals surface area (Å²) < 4.78 is 1.21. The Hall–Kier alpha value is -1.78. The fraction of sp³-hybridized carbons (Fsp3) is 0.143. The zero-order valence-electron chi connectivity index (χ0n) is 9.92. The van der Waals surface area contributed by atoms with Crippen LogP contribution in [0.5, 0.6) is 0 Å². The number of rotatable bonds is 2. The van der Waals surface area contributed by atoms with Crippen molar-refractivity contribution in [3.63, 3.8) is 0 Å². The van der Waals surface area contributed by atoms with Gasteiger partial charge in [-0.3, -0.25) is 0 Å². The van der Waals surface area contributed by atoms with Crippen molar-refractivity contribution in [2.75, 3.05) is 0 Å². The van der Waals surface area contributed by atoms with Crippen LogP contribution in [0.3, 0.4) is 0 Å². The van der Waals surface area contributed by atoms with Crippen LogP contribution in [0.1, 0.15) is 11.3 Å². The Kier molecular flexibility index (Phi) is 2.81. The van der Waals surface area contributed by atoms with Crippen LogP contribution in [0.25, 0.3) is 21.2 Å². The first kappa shape index (κ1) is 11.3. The fourth-order valence-corrected chi connectivity index (χ4v) is 2.98. The van der Waals surface area contributed by atoms with E-state index in [4.69, 9.17) is 0 Å². The molecule has 1 N–H and O–H groups in total. The molecule has 4 heteroatoms. The highest BCUT2D eigenvalue weighted by Crippen LogP contribution is 2.35. The smallest absolute Gasteiger partial charge is 0.115 e. The predicted molar refractivity (Wildman–Crippen MR) is 73.5 cm³/mol. The summed E-state index contributed by atoms with van der Waals surface area (Å²) in [4.78, 5) is 8.32. The lowest BCUT2D eigenvalue weighted by Crippen LogP contribution is -1.88. The second-order valence-electron chi connectivity index (χ2n) is 4.16. The number of aromatic nitrogens is 2. The minimum atomic E-state index is 0.0650. The van der Waals surface area contributed by atoms with Crippen molar-refractivity contribution < 1.29 is 5.11 Å². The molecule has 0 aliphatic carbocycles. The average molecular weight is 256 g/mol. The molecule has 2 aromatic heterocycles. The lowest BCUT2D eigenvalue weighted by Gasteiger charge is -2.03. The van der Waals surface area contributed by atoms with E-state index in [0.29, 0.717) is 0 Å². The standard InChI is InChI=1S/C14H12N2OS/c1-9-12(5-15-8-16-9)13-7-18-14-3-2-10(6-17)4-11(13)14/h2-5,7-8,17H,6H2,1H3. The van der Waals surface area contributed by atoms with Gasteiger partial charge in [-0.05, 0) is 30.0 Å². The van der Waals surface area contributed by atoms with Crippen LogP contribution in [0.4, 0.5) is 0 Å². The molecule has 1 aromatic carbocycles. The molecular weight excluding hydrogens is 244 g/mol. The van der Waals surface area contributed by atoms with Gasteiger partial charge in [-0.15, -0.1) is 11.3 Å². The fourth-order valence-electron chi connectivity index (χ4n) is 2.04. The third kappa shape index (κ3) is 1.79. The number of aliphatic hydroxyl groups excluding tert-OH is 1. The molecular formula is C14H12N2OS. The third-order valence-electron chi connectivity index (χ3n) is 3.02. The summed E-state index contributed by atoms with van der Waals surface area (Å²) in [6, 6.07) is 6.04. The summed E-state index contributed by atoms with van der Waals surface area (Å²) in [5.74, 6) is 0. The number of aliphatic hydroxyl groups is 1. The molecule has 0 fully saturated rings. The monoisotopic (exact) mass is 256 g/mol. The lowest BCUT2D eigenvalue weighted by atomic mass is 10.0. The first-order valence-electron chi connectivity index (χ1n) is 5.67. The molecule has 0 saturated carbocycles. The molecule has 18 heavy (non-hydrogen) atoms. The number of thiophene rings is 1. The molecule has 0 spiro atoms. The topological polar surface area (TPSA) is 46.0 Å². The van der Waals surface area contributed by atoms with Crippen LogP contribution >= 0.6 is 11.3 Å². The Morgan fingerprint density at radius 1 is 1.28 bits per heavy atom. The molecule has 0 atom stereocenters. The highest BCUT2D eigenvalue weighted by molar-refractivity contribution is 7.17. The van der Waals surface area contributed by atoms with E-state index in [0.717, 1.165) is 27.8 Å². The molecule has 0 unspecified atom stereocenters. The molecule has 0 radical (unpaired) electrons. The zero-order chi connectivity index (χ0) is 12.5. The van der Waals surface area contributed by atoms with Crippen molar-refractivity contribution >= 4 is 21.4 Å². The van der Waals surface area contributed by atoms with Crippen LogP contribution in [0.2, 0.25) is 0 Å². The first-order chi connectivity index (χ1) is 8.79. The van der Waals surface area contributed by atoms with Gasteiger partial charge in [0, 0.05) is 33.1 Å². The van der Waals surface area contributed by atoms with Crippen molar-refractivity contribution in [3.8, 4) is 11.1 Å². The van der Waals surface area contributed by atoms with E-state index in [1.165, 1.54) is 4.70 Å². The highest BCUT2D eigenvalue weighted by atomic mass is 32.1. The van der Waals surface area contributed by atoms with Gasteiger partial charge in [0.05, 0.1) is 6.61 Å². The molecule has 3 aromatic rings. The Balaban J connectivity index is 2.26. The highest BCUT2D eigenvalue weighted by Gasteiger charge is 2.10. The summed E-state index contributed by atoms with van der Waals surface area (Å²) in [6.45, 7) is 2.05. The van der Waals surface area contributed by atoms with E-state index in [2.05, 4.69) is 15.3 Å². The normalized spacial score (nSPS) is 11.0. The Bertz CT molecular complexity index is 706. The molecule has 0 aliphatic heterocycles. The zero-order valence-corrected chi connectivity index (χ0v) is 10.7. The average Bonchev–Trinajstić information content (AvgIpc) is 2.82. The summed E-state index contributed by atoms with van der Waals surface area (Å²) >= 11 is 1.70. The van der Waals surface area contributed by atoms with Gasteiger partial charge in [-0.25, -0.2) is 9.97 Å². The largest absolute Gasteiger partial charge is 0.392 e. The minimum Gasteiger partial charge on any atom is -0.392 e. The molecule has 0 amide bonds. The van der Waals surface area contributed by atoms with Crippen LogP contribution in [0, 0.1) is 6.92 Å². The van der Waals surface area contributed by atoms with Crippen LogP contribution in [-0.2, 0) is 6.61 Å². The second kappa shape index (κ2) is 4.48. The Morgan fingerprint density at radius 2 is 2.17 bits per heavy atom. The number of hydrogen-bond donors (Lipinski definition) is 1. The van der Waals surface area contributed by atoms with E-state index in [1.807, 2.05) is 31.3 Å². The summed E-state index contributed by atoms with van der Waals surface area (Å²) in [6.07, 6.45) is 3.40. The number of fused-ring (bicyclic) bond motifs is 1. The predicted octanol–water partition coefficient (Wildman–Crippen LogP) is 3.16. The minimum absolute atomic E-state index is 0.0650. The van der Waals surface area contributed by atoms with Gasteiger partial charge in [-0.1, -0.05) is 6.07 Å². The molecule has 3 rings (SSSR count). The Labute approximate surface area is 109 Å². The van der Waals surface area contributed by atoms with Crippen LogP contribution in [0.15, 0.2) is 36.1 Å². The number of aryl methyl sites for hydroxylation is 1. The second-order valence-corrected chi connectivity index (χ2v) is 5.07. The molecule has 90 valence electrons. The molecule has 0 aliphatic rings. The summed E-state index contributed by atoms with van der Waals surface area (Å²) in [5, 5.41) is 12.5. The van der Waals surface area contributed by atoms with Gasteiger partial charge < -0.3 is 5.11 Å². The van der Waals surface area contributed by atoms with Crippen molar-refractivity contribution in [2.45, 2.75) is 13.5 Å². The van der Waals surface area contributed by atoms with E-state index in [-0.39, 0.29) is 6.61 Å². The quantitative estimate of drug-likeness (QED) is 0.766. The maximum Gasteiger partial charge on any atom is 0.115 e. The summed E-state index contributed by atoms with van der Waals surface area (Å²) in [5.41, 5.74) is 4.10. The van der Waals surface area contributed by atoms with Crippen LogP contribution in [-0.4, -0.2) is 15.1 Å². The van der Waals surface area contributed by atoms with Gasteiger partial charge in [0.2, 0.25) is 0 Å². The molecule has 3 nitrogen and oxygen atoms in total. The van der Waals surface area contributed by atoms with Crippen molar-refractivity contribution in [1.29, 1.82) is 0 Å². The van der Waals surface area contributed by atoms with Gasteiger partial charge in [0.1, 0.15) is 6.33 Å². The number of nitrogens with zero attached hydrogens (tertiary/aromatic N) is 2. The number of hydrogen-bond acceptors (Lipinski definition) is 4. The lowest BCUT2D eigenvalue weighted by molar-refractivity contribution is 0.282. The van der Waals surface area contributed by atoms with Gasteiger partial charge >= 0.3 is 0 Å². The third-order valence-corrected chi connectivity index (χ3v) is 3.99. The molecule has 0 saturated heterocycles. The van der Waals surface area contributed by atoms with E-state index < -0.39 is 0 Å². The van der Waals surface area contributed by atoms with E-state index in [1.54, 1.807) is 17.7 Å². The van der Waals surface area contributed by atoms with Gasteiger partial charge in [0.15, 0.2) is 0 Å². The molecule has 2 heterocycles. The first-order valence-corrected chi connectivity index (χ1v) is 6.55. The van der Waals surface area contributed by atoms with Crippen LogP contribution < -0.4 is 0 Å². The van der Waals surface area contributed by atoms with Gasteiger partial charge in [0.25, 0.3) is 0 Å². The Morgan fingerprint density at radius 3 is 2.94 bits per heavy atom. The van der Waals surface area contributed by atoms with E-state index >= 15 is 0 Å².